The molecule has 0 fully saturated rings. The molecule has 2 unspecified atom stereocenters. The number of benzene rings is 2. The molecule has 0 bridgehead atoms. The molecule has 0 spiro atoms. The molecule has 8 heteroatoms. The molecule has 0 saturated heterocycles. The van der Waals surface area contributed by atoms with Crippen molar-refractivity contribution in [1.29, 1.82) is 0 Å². The molecule has 0 amide bonds. The molecule has 0 radical (unpaired) electrons. The molecule has 0 aliphatic heterocycles. The van der Waals surface area contributed by atoms with Crippen molar-refractivity contribution in [3.05, 3.63) is 64.5 Å². The van der Waals surface area contributed by atoms with Crippen LogP contribution in [-0.2, 0) is 26.9 Å². The zero-order chi connectivity index (χ0) is 22.1. The second kappa shape index (κ2) is 11.7. The van der Waals surface area contributed by atoms with Gasteiger partial charge in [0.1, 0.15) is 30.9 Å². The number of hydrogen-bond acceptors (Lipinski definition) is 5. The van der Waals surface area contributed by atoms with E-state index in [1.165, 1.54) is 12.1 Å². The van der Waals surface area contributed by atoms with Crippen LogP contribution in [0.25, 0.3) is 0 Å². The van der Waals surface area contributed by atoms with Gasteiger partial charge in [0.2, 0.25) is 6.16 Å². The highest BCUT2D eigenvalue weighted by atomic mass is 31.1. The number of halogens is 1. The maximum absolute atomic E-state index is 13.1. The normalized spacial score (nSPS) is 12.5. The van der Waals surface area contributed by atoms with Gasteiger partial charge in [-0.2, -0.15) is 0 Å². The molecule has 0 aromatic heterocycles. The van der Waals surface area contributed by atoms with Gasteiger partial charge in [-0.1, -0.05) is 18.2 Å². The highest BCUT2D eigenvalue weighted by Gasteiger charge is 2.25. The molecule has 2 atom stereocenters. The van der Waals surface area contributed by atoms with E-state index in [9.17, 15) is 18.9 Å². The molecule has 2 rings (SSSR count). The standard InChI is InChI=1S/C22H26FO6P/c1-15-10-16(2)20(4-3-9-29-30(27)14-19(24)12-22(25)26)21(11-15)28-13-17-5-7-18(23)8-6-17/h5-8,10-11,19,24H,3-4,9,12-14H2,1-2H3/p+1. The summed E-state index contributed by atoms with van der Waals surface area (Å²) in [5, 5.41) is 18.1. The third kappa shape index (κ3) is 8.19. The van der Waals surface area contributed by atoms with Crippen molar-refractivity contribution in [2.24, 2.45) is 0 Å². The lowest BCUT2D eigenvalue weighted by Crippen LogP contribution is -2.15. The Hall–Kier alpha value is -2.34. The van der Waals surface area contributed by atoms with Crippen LogP contribution in [0.4, 0.5) is 4.39 Å². The monoisotopic (exact) mass is 437 g/mol. The maximum atomic E-state index is 13.1. The molecule has 0 saturated carbocycles. The summed E-state index contributed by atoms with van der Waals surface area (Å²) in [6.45, 7) is 4.52. The Balaban J connectivity index is 1.89. The third-order valence-electron chi connectivity index (χ3n) is 4.46. The van der Waals surface area contributed by atoms with Crippen molar-refractivity contribution >= 4 is 14.0 Å². The summed E-state index contributed by atoms with van der Waals surface area (Å²) >= 11 is 0. The SMILES string of the molecule is Cc1cc(C)c(CCCO[P+](=O)CC(O)CC(=O)O)c(OCc2ccc(F)cc2)c1. The van der Waals surface area contributed by atoms with Crippen molar-refractivity contribution in [1.82, 2.24) is 0 Å². The summed E-state index contributed by atoms with van der Waals surface area (Å²) in [5.41, 5.74) is 4.02. The van der Waals surface area contributed by atoms with Gasteiger partial charge >= 0.3 is 14.0 Å². The zero-order valence-electron chi connectivity index (χ0n) is 17.1. The van der Waals surface area contributed by atoms with Crippen molar-refractivity contribution in [2.75, 3.05) is 12.8 Å². The largest absolute Gasteiger partial charge is 0.510 e. The molecule has 2 aromatic carbocycles. The second-order valence-electron chi connectivity index (χ2n) is 7.18. The Morgan fingerprint density at radius 1 is 1.20 bits per heavy atom. The van der Waals surface area contributed by atoms with Gasteiger partial charge < -0.3 is 14.9 Å². The fraction of sp³-hybridized carbons (Fsp3) is 0.409. The summed E-state index contributed by atoms with van der Waals surface area (Å²) < 4.78 is 36.1. The second-order valence-corrected chi connectivity index (χ2v) is 8.47. The first kappa shape index (κ1) is 23.9. The number of aliphatic carboxylic acids is 1. The van der Waals surface area contributed by atoms with E-state index >= 15 is 0 Å². The fourth-order valence-electron chi connectivity index (χ4n) is 3.06. The number of rotatable bonds is 12. The minimum atomic E-state index is -2.12. The number of carboxylic acids is 1. The summed E-state index contributed by atoms with van der Waals surface area (Å²) in [5.74, 6) is -0.688. The molecule has 162 valence electrons. The van der Waals surface area contributed by atoms with Crippen molar-refractivity contribution in [3.8, 4) is 5.75 Å². The average molecular weight is 437 g/mol. The van der Waals surface area contributed by atoms with Crippen LogP contribution in [0.1, 0.15) is 35.1 Å². The van der Waals surface area contributed by atoms with Crippen molar-refractivity contribution in [2.45, 2.75) is 45.8 Å². The Labute approximate surface area is 176 Å². The Bertz CT molecular complexity index is 869. The number of aliphatic hydroxyl groups is 1. The molecule has 2 N–H and O–H groups in total. The molecular formula is C22H27FO6P+. The molecule has 0 aliphatic carbocycles. The smallest absolute Gasteiger partial charge is 0.489 e. The third-order valence-corrected chi connectivity index (χ3v) is 5.65. The van der Waals surface area contributed by atoms with E-state index in [0.717, 1.165) is 28.0 Å². The van der Waals surface area contributed by atoms with Crippen molar-refractivity contribution in [3.63, 3.8) is 0 Å². The number of hydrogen-bond donors (Lipinski definition) is 2. The summed E-state index contributed by atoms with van der Waals surface area (Å²) in [7, 11) is -2.12. The van der Waals surface area contributed by atoms with Crippen LogP contribution in [0.3, 0.4) is 0 Å². The van der Waals surface area contributed by atoms with Gasteiger partial charge in [0, 0.05) is 0 Å². The topological polar surface area (TPSA) is 93.1 Å². The molecule has 0 heterocycles. The van der Waals surface area contributed by atoms with Crippen LogP contribution >= 0.6 is 8.03 Å². The quantitative estimate of drug-likeness (QED) is 0.374. The summed E-state index contributed by atoms with van der Waals surface area (Å²) in [6, 6.07) is 10.2. The van der Waals surface area contributed by atoms with E-state index in [0.29, 0.717) is 19.4 Å². The van der Waals surface area contributed by atoms with E-state index in [1.807, 2.05) is 19.9 Å². The van der Waals surface area contributed by atoms with Gasteiger partial charge in [-0.3, -0.25) is 4.79 Å². The van der Waals surface area contributed by atoms with Gasteiger partial charge in [-0.25, -0.2) is 4.39 Å². The van der Waals surface area contributed by atoms with Gasteiger partial charge in [-0.05, 0) is 71.7 Å². The molecule has 30 heavy (non-hydrogen) atoms. The van der Waals surface area contributed by atoms with Crippen LogP contribution in [0.15, 0.2) is 36.4 Å². The first-order valence-electron chi connectivity index (χ1n) is 9.69. The number of aryl methyl sites for hydroxylation is 2. The van der Waals surface area contributed by atoms with Crippen molar-refractivity contribution < 1.29 is 33.2 Å². The average Bonchev–Trinajstić information content (AvgIpc) is 2.65. The van der Waals surface area contributed by atoms with Gasteiger partial charge in [0.05, 0.1) is 6.42 Å². The molecule has 6 nitrogen and oxygen atoms in total. The predicted octanol–water partition coefficient (Wildman–Crippen LogP) is 4.55. The lowest BCUT2D eigenvalue weighted by Gasteiger charge is -2.15. The first-order valence-corrected chi connectivity index (χ1v) is 11.1. The van der Waals surface area contributed by atoms with E-state index in [1.54, 1.807) is 12.1 Å². The van der Waals surface area contributed by atoms with Crippen LogP contribution < -0.4 is 4.74 Å². The number of aliphatic hydroxyl groups excluding tert-OH is 1. The van der Waals surface area contributed by atoms with E-state index in [4.69, 9.17) is 14.4 Å². The highest BCUT2D eigenvalue weighted by molar-refractivity contribution is 7.39. The van der Waals surface area contributed by atoms with Gasteiger partial charge in [0.15, 0.2) is 0 Å². The lowest BCUT2D eigenvalue weighted by molar-refractivity contribution is -0.138. The minimum absolute atomic E-state index is 0.197. The minimum Gasteiger partial charge on any atom is -0.489 e. The van der Waals surface area contributed by atoms with Crippen LogP contribution in [0.2, 0.25) is 0 Å². The van der Waals surface area contributed by atoms with Gasteiger partial charge in [0.25, 0.3) is 0 Å². The van der Waals surface area contributed by atoms with Crippen LogP contribution in [0.5, 0.6) is 5.75 Å². The maximum Gasteiger partial charge on any atom is 0.510 e. The highest BCUT2D eigenvalue weighted by Crippen LogP contribution is 2.28. The van der Waals surface area contributed by atoms with Crippen LogP contribution in [-0.4, -0.2) is 35.1 Å². The first-order chi connectivity index (χ1) is 14.2. The number of carboxylic acid groups (broad SMARTS) is 1. The Morgan fingerprint density at radius 2 is 1.90 bits per heavy atom. The van der Waals surface area contributed by atoms with Crippen LogP contribution in [0, 0.1) is 19.7 Å². The Kier molecular flexibility index (Phi) is 9.37. The predicted molar refractivity (Wildman–Crippen MR) is 112 cm³/mol. The molecule has 2 aromatic rings. The van der Waals surface area contributed by atoms with E-state index < -0.39 is 26.5 Å². The zero-order valence-corrected chi connectivity index (χ0v) is 18.0. The summed E-state index contributed by atoms with van der Waals surface area (Å²) in [6.07, 6.45) is -0.602. The van der Waals surface area contributed by atoms with E-state index in [-0.39, 0.29) is 18.6 Å². The number of carbonyl (C=O) groups is 1. The summed E-state index contributed by atoms with van der Waals surface area (Å²) in [4.78, 5) is 10.5. The van der Waals surface area contributed by atoms with E-state index in [2.05, 4.69) is 6.07 Å². The molecule has 0 aliphatic rings. The lowest BCUT2D eigenvalue weighted by atomic mass is 10.0. The fourth-order valence-corrected chi connectivity index (χ4v) is 3.97. The molecular weight excluding hydrogens is 410 g/mol. The van der Waals surface area contributed by atoms with Gasteiger partial charge in [-0.15, -0.1) is 4.52 Å². The number of ether oxygens (including phenoxy) is 1. The Morgan fingerprint density at radius 3 is 2.57 bits per heavy atom.